The maximum absolute atomic E-state index is 12.8. The number of hydrogen-bond acceptors (Lipinski definition) is 8. The number of amides is 3. The van der Waals surface area contributed by atoms with Crippen LogP contribution in [0.25, 0.3) is 6.08 Å². The van der Waals surface area contributed by atoms with Crippen LogP contribution in [-0.2, 0) is 4.79 Å². The average Bonchev–Trinajstić information content (AvgIpc) is 3.09. The number of ether oxygens (including phenoxy) is 3. The molecule has 0 atom stereocenters. The Kier molecular flexibility index (Phi) is 8.92. The number of imide groups is 1. The van der Waals surface area contributed by atoms with E-state index in [1.165, 1.54) is 0 Å². The van der Waals surface area contributed by atoms with Crippen LogP contribution in [0.2, 0.25) is 0 Å². The van der Waals surface area contributed by atoms with Crippen LogP contribution in [0.15, 0.2) is 41.6 Å². The van der Waals surface area contributed by atoms with Gasteiger partial charge in [-0.3, -0.25) is 24.3 Å². The van der Waals surface area contributed by atoms with Gasteiger partial charge in [-0.2, -0.15) is 0 Å². The Balaban J connectivity index is 1.67. The van der Waals surface area contributed by atoms with Crippen molar-refractivity contribution in [2.45, 2.75) is 20.8 Å². The third-order valence-corrected chi connectivity index (χ3v) is 5.56. The molecule has 1 fully saturated rings. The second-order valence-corrected chi connectivity index (χ2v) is 7.97. The van der Waals surface area contributed by atoms with Gasteiger partial charge in [-0.05, 0) is 62.4 Å². The molecular weight excluding hydrogens is 458 g/mol. The lowest BCUT2D eigenvalue weighted by molar-refractivity contribution is -0.122. The molecular formula is C24H27N3O6S. The zero-order chi connectivity index (χ0) is 24.5. The van der Waals surface area contributed by atoms with Gasteiger partial charge in [0, 0.05) is 31.0 Å². The summed E-state index contributed by atoms with van der Waals surface area (Å²) in [6.07, 6.45) is 4.86. The highest BCUT2D eigenvalue weighted by atomic mass is 32.2. The van der Waals surface area contributed by atoms with Crippen molar-refractivity contribution >= 4 is 34.9 Å². The molecule has 9 nitrogen and oxygen atoms in total. The van der Waals surface area contributed by atoms with Crippen molar-refractivity contribution in [3.05, 3.63) is 52.7 Å². The molecule has 3 rings (SSSR count). The minimum Gasteiger partial charge on any atom is -0.490 e. The van der Waals surface area contributed by atoms with Crippen LogP contribution in [-0.4, -0.2) is 59.8 Å². The Labute approximate surface area is 202 Å². The lowest BCUT2D eigenvalue weighted by Gasteiger charge is -2.17. The smallest absolute Gasteiger partial charge is 0.293 e. The minimum absolute atomic E-state index is 0.0500. The molecule has 3 amide bonds. The summed E-state index contributed by atoms with van der Waals surface area (Å²) in [4.78, 5) is 43.2. The fraction of sp³-hybridized carbons (Fsp3) is 0.333. The van der Waals surface area contributed by atoms with Gasteiger partial charge in [0.1, 0.15) is 0 Å². The van der Waals surface area contributed by atoms with Gasteiger partial charge in [-0.25, -0.2) is 0 Å². The quantitative estimate of drug-likeness (QED) is 0.480. The van der Waals surface area contributed by atoms with Gasteiger partial charge < -0.3 is 19.5 Å². The molecule has 180 valence electrons. The number of carbonyl (C=O) groups is 3. The molecule has 1 aromatic carbocycles. The van der Waals surface area contributed by atoms with Gasteiger partial charge in [-0.1, -0.05) is 6.07 Å². The maximum atomic E-state index is 12.8. The molecule has 1 N–H and O–H groups in total. The summed E-state index contributed by atoms with van der Waals surface area (Å²) in [7, 11) is 0. The Morgan fingerprint density at radius 1 is 1.09 bits per heavy atom. The number of aromatic nitrogens is 1. The van der Waals surface area contributed by atoms with E-state index in [0.717, 1.165) is 22.2 Å². The van der Waals surface area contributed by atoms with Crippen molar-refractivity contribution in [3.8, 4) is 17.2 Å². The summed E-state index contributed by atoms with van der Waals surface area (Å²) < 4.78 is 16.9. The summed E-state index contributed by atoms with van der Waals surface area (Å²) in [6, 6.07) is 6.72. The normalized spacial score (nSPS) is 14.4. The number of hydrogen-bond donors (Lipinski definition) is 1. The summed E-state index contributed by atoms with van der Waals surface area (Å²) in [5, 5.41) is 2.36. The monoisotopic (exact) mass is 485 g/mol. The van der Waals surface area contributed by atoms with Crippen LogP contribution in [0.1, 0.15) is 36.7 Å². The molecule has 10 heteroatoms. The van der Waals surface area contributed by atoms with Crippen molar-refractivity contribution in [2.24, 2.45) is 0 Å². The van der Waals surface area contributed by atoms with E-state index >= 15 is 0 Å². The first-order chi connectivity index (χ1) is 16.5. The standard InChI is InChI=1S/C24H27N3O6S/c1-4-31-18-13-17(14-19(32-5-2)21(18)33-6-3)22(28)26-10-11-27-23(29)20(34-24(27)30)12-16-8-7-9-25-15-16/h7-9,12-15H,4-6,10-11H2,1-3H3,(H,26,28)/b20-12-. The molecule has 0 bridgehead atoms. The van der Waals surface area contributed by atoms with Crippen molar-refractivity contribution in [1.29, 1.82) is 0 Å². The van der Waals surface area contributed by atoms with Gasteiger partial charge >= 0.3 is 0 Å². The van der Waals surface area contributed by atoms with Crippen LogP contribution in [0.3, 0.4) is 0 Å². The van der Waals surface area contributed by atoms with Gasteiger partial charge in [-0.15, -0.1) is 0 Å². The molecule has 1 aliphatic rings. The van der Waals surface area contributed by atoms with Crippen LogP contribution >= 0.6 is 11.8 Å². The predicted octanol–water partition coefficient (Wildman–Crippen LogP) is 3.74. The first-order valence-corrected chi connectivity index (χ1v) is 11.8. The van der Waals surface area contributed by atoms with E-state index in [1.807, 2.05) is 20.8 Å². The molecule has 2 heterocycles. The second kappa shape index (κ2) is 12.1. The highest BCUT2D eigenvalue weighted by molar-refractivity contribution is 8.18. The number of nitrogens with one attached hydrogen (secondary N) is 1. The molecule has 34 heavy (non-hydrogen) atoms. The van der Waals surface area contributed by atoms with Crippen LogP contribution in [0.5, 0.6) is 17.2 Å². The molecule has 0 aliphatic carbocycles. The number of carbonyl (C=O) groups excluding carboxylic acids is 3. The lowest BCUT2D eigenvalue weighted by atomic mass is 10.1. The Bertz CT molecular complexity index is 1050. The molecule has 0 unspecified atom stereocenters. The van der Waals surface area contributed by atoms with E-state index in [-0.39, 0.29) is 24.2 Å². The number of pyridine rings is 1. The molecule has 0 spiro atoms. The third-order valence-electron chi connectivity index (χ3n) is 4.65. The van der Waals surface area contributed by atoms with Gasteiger partial charge in [0.05, 0.1) is 24.7 Å². The minimum atomic E-state index is -0.397. The van der Waals surface area contributed by atoms with Crippen molar-refractivity contribution in [3.63, 3.8) is 0 Å². The molecule has 0 radical (unpaired) electrons. The Hall–Kier alpha value is -3.53. The van der Waals surface area contributed by atoms with Gasteiger partial charge in [0.15, 0.2) is 11.5 Å². The molecule has 1 aliphatic heterocycles. The summed E-state index contributed by atoms with van der Waals surface area (Å²) in [6.45, 7) is 6.86. The number of nitrogens with zero attached hydrogens (tertiary/aromatic N) is 2. The highest BCUT2D eigenvalue weighted by Gasteiger charge is 2.34. The topological polar surface area (TPSA) is 107 Å². The third kappa shape index (κ3) is 6.07. The molecule has 1 saturated heterocycles. The van der Waals surface area contributed by atoms with E-state index in [2.05, 4.69) is 10.3 Å². The fourth-order valence-corrected chi connectivity index (χ4v) is 4.07. The number of thioether (sulfide) groups is 1. The van der Waals surface area contributed by atoms with E-state index in [0.29, 0.717) is 47.5 Å². The first kappa shape index (κ1) is 25.1. The number of rotatable bonds is 11. The van der Waals surface area contributed by atoms with E-state index < -0.39 is 5.91 Å². The van der Waals surface area contributed by atoms with Crippen molar-refractivity contribution < 1.29 is 28.6 Å². The fourth-order valence-electron chi connectivity index (χ4n) is 3.21. The zero-order valence-electron chi connectivity index (χ0n) is 19.3. The largest absolute Gasteiger partial charge is 0.490 e. The van der Waals surface area contributed by atoms with Crippen LogP contribution < -0.4 is 19.5 Å². The van der Waals surface area contributed by atoms with Crippen LogP contribution in [0.4, 0.5) is 4.79 Å². The van der Waals surface area contributed by atoms with E-state index in [4.69, 9.17) is 14.2 Å². The summed E-state index contributed by atoms with van der Waals surface area (Å²) in [5.41, 5.74) is 1.05. The molecule has 2 aromatic rings. The predicted molar refractivity (Wildman–Crippen MR) is 129 cm³/mol. The number of benzene rings is 1. The van der Waals surface area contributed by atoms with Crippen molar-refractivity contribution in [2.75, 3.05) is 32.9 Å². The second-order valence-electron chi connectivity index (χ2n) is 6.98. The maximum Gasteiger partial charge on any atom is 0.293 e. The van der Waals surface area contributed by atoms with E-state index in [1.54, 1.807) is 42.7 Å². The Morgan fingerprint density at radius 2 is 1.76 bits per heavy atom. The molecule has 1 aromatic heterocycles. The zero-order valence-corrected chi connectivity index (χ0v) is 20.1. The SMILES string of the molecule is CCOc1cc(C(=O)NCCN2C(=O)S/C(=C\c3cccnc3)C2=O)cc(OCC)c1OCC. The Morgan fingerprint density at radius 3 is 2.35 bits per heavy atom. The lowest BCUT2D eigenvalue weighted by Crippen LogP contribution is -2.37. The van der Waals surface area contributed by atoms with Gasteiger partial charge in [0.2, 0.25) is 5.75 Å². The average molecular weight is 486 g/mol. The van der Waals surface area contributed by atoms with Gasteiger partial charge in [0.25, 0.3) is 17.1 Å². The summed E-state index contributed by atoms with van der Waals surface area (Å²) in [5.74, 6) is 0.481. The van der Waals surface area contributed by atoms with E-state index in [9.17, 15) is 14.4 Å². The highest BCUT2D eigenvalue weighted by Crippen LogP contribution is 2.39. The summed E-state index contributed by atoms with van der Waals surface area (Å²) >= 11 is 0.864. The van der Waals surface area contributed by atoms with Crippen molar-refractivity contribution in [1.82, 2.24) is 15.2 Å². The first-order valence-electron chi connectivity index (χ1n) is 11.0. The molecule has 0 saturated carbocycles. The van der Waals surface area contributed by atoms with Crippen LogP contribution in [0, 0.1) is 0 Å².